The Hall–Kier alpha value is -2.28. The maximum Gasteiger partial charge on any atom is 0.0397 e. The first-order valence-corrected chi connectivity index (χ1v) is 7.02. The van der Waals surface area contributed by atoms with Crippen molar-refractivity contribution in [3.8, 4) is 11.1 Å². The zero-order valence-corrected chi connectivity index (χ0v) is 11.8. The van der Waals surface area contributed by atoms with E-state index in [2.05, 4.69) is 62.4 Å². The SMILES string of the molecule is CC1(C)c2cccc(N)c2-c2c1ccc1ccccc21. The van der Waals surface area contributed by atoms with Crippen molar-refractivity contribution in [1.82, 2.24) is 0 Å². The molecule has 20 heavy (non-hydrogen) atoms. The van der Waals surface area contributed by atoms with Gasteiger partial charge in [-0.1, -0.05) is 62.4 Å². The van der Waals surface area contributed by atoms with E-state index in [4.69, 9.17) is 5.73 Å². The Morgan fingerprint density at radius 1 is 0.750 bits per heavy atom. The molecular weight excluding hydrogens is 242 g/mol. The van der Waals surface area contributed by atoms with Gasteiger partial charge in [-0.2, -0.15) is 0 Å². The third kappa shape index (κ3) is 1.27. The monoisotopic (exact) mass is 259 g/mol. The maximum absolute atomic E-state index is 6.30. The zero-order chi connectivity index (χ0) is 13.9. The Morgan fingerprint density at radius 2 is 1.50 bits per heavy atom. The van der Waals surface area contributed by atoms with Crippen molar-refractivity contribution in [2.75, 3.05) is 5.73 Å². The summed E-state index contributed by atoms with van der Waals surface area (Å²) in [5.41, 5.74) is 12.5. The Balaban J connectivity index is 2.25. The van der Waals surface area contributed by atoms with Gasteiger partial charge >= 0.3 is 0 Å². The van der Waals surface area contributed by atoms with Crippen LogP contribution in [0.4, 0.5) is 5.69 Å². The van der Waals surface area contributed by atoms with E-state index in [1.807, 2.05) is 6.07 Å². The third-order valence-electron chi connectivity index (χ3n) is 4.62. The van der Waals surface area contributed by atoms with Gasteiger partial charge in [-0.3, -0.25) is 0 Å². The van der Waals surface area contributed by atoms with Crippen molar-refractivity contribution in [3.05, 3.63) is 65.7 Å². The molecule has 0 aliphatic heterocycles. The smallest absolute Gasteiger partial charge is 0.0397 e. The van der Waals surface area contributed by atoms with E-state index in [9.17, 15) is 0 Å². The first-order chi connectivity index (χ1) is 9.60. The van der Waals surface area contributed by atoms with Gasteiger partial charge in [0.2, 0.25) is 0 Å². The molecule has 0 unspecified atom stereocenters. The lowest BCUT2D eigenvalue weighted by atomic mass is 9.82. The van der Waals surface area contributed by atoms with Crippen molar-refractivity contribution in [1.29, 1.82) is 0 Å². The van der Waals surface area contributed by atoms with Gasteiger partial charge in [-0.05, 0) is 33.5 Å². The summed E-state index contributed by atoms with van der Waals surface area (Å²) in [6.45, 7) is 4.57. The minimum atomic E-state index is 0.0179. The van der Waals surface area contributed by atoms with Gasteiger partial charge in [0.05, 0.1) is 0 Å². The van der Waals surface area contributed by atoms with Gasteiger partial charge in [-0.25, -0.2) is 0 Å². The highest BCUT2D eigenvalue weighted by Gasteiger charge is 2.37. The van der Waals surface area contributed by atoms with Crippen molar-refractivity contribution < 1.29 is 0 Å². The fourth-order valence-corrected chi connectivity index (χ4v) is 3.58. The van der Waals surface area contributed by atoms with Crippen LogP contribution in [0, 0.1) is 0 Å². The summed E-state index contributed by atoms with van der Waals surface area (Å²) in [7, 11) is 0. The third-order valence-corrected chi connectivity index (χ3v) is 4.62. The standard InChI is InChI=1S/C19H17N/c1-19(2)14-8-5-9-16(20)18(14)17-13-7-4-3-6-12(13)10-11-15(17)19/h3-11H,20H2,1-2H3. The number of rotatable bonds is 0. The molecule has 0 atom stereocenters. The minimum Gasteiger partial charge on any atom is -0.398 e. The molecule has 4 rings (SSSR count). The summed E-state index contributed by atoms with van der Waals surface area (Å²) in [6.07, 6.45) is 0. The van der Waals surface area contributed by atoms with Gasteiger partial charge in [0.15, 0.2) is 0 Å². The summed E-state index contributed by atoms with van der Waals surface area (Å²) in [6, 6.07) is 19.3. The number of hydrogen-bond donors (Lipinski definition) is 1. The Kier molecular flexibility index (Phi) is 2.10. The van der Waals surface area contributed by atoms with Crippen LogP contribution in [-0.4, -0.2) is 0 Å². The average Bonchev–Trinajstić information content (AvgIpc) is 2.69. The summed E-state index contributed by atoms with van der Waals surface area (Å²) >= 11 is 0. The minimum absolute atomic E-state index is 0.0179. The number of benzene rings is 3. The van der Waals surface area contributed by atoms with Gasteiger partial charge < -0.3 is 5.73 Å². The lowest BCUT2D eigenvalue weighted by Crippen LogP contribution is -2.14. The van der Waals surface area contributed by atoms with Gasteiger partial charge in [0.1, 0.15) is 0 Å². The van der Waals surface area contributed by atoms with Gasteiger partial charge in [0.25, 0.3) is 0 Å². The fraction of sp³-hybridized carbons (Fsp3) is 0.158. The van der Waals surface area contributed by atoms with Crippen molar-refractivity contribution in [2.45, 2.75) is 19.3 Å². The molecule has 0 aromatic heterocycles. The van der Waals surface area contributed by atoms with E-state index in [0.717, 1.165) is 5.69 Å². The van der Waals surface area contributed by atoms with E-state index in [-0.39, 0.29) is 5.41 Å². The predicted molar refractivity (Wildman–Crippen MR) is 85.9 cm³/mol. The highest BCUT2D eigenvalue weighted by molar-refractivity contribution is 6.05. The van der Waals surface area contributed by atoms with Gasteiger partial charge in [0, 0.05) is 16.7 Å². The fourth-order valence-electron chi connectivity index (χ4n) is 3.58. The molecule has 0 fully saturated rings. The van der Waals surface area contributed by atoms with Crippen LogP contribution in [0.5, 0.6) is 0 Å². The second kappa shape index (κ2) is 3.63. The molecule has 1 aliphatic carbocycles. The molecule has 0 radical (unpaired) electrons. The van der Waals surface area contributed by atoms with Crippen LogP contribution in [-0.2, 0) is 5.41 Å². The van der Waals surface area contributed by atoms with Crippen molar-refractivity contribution in [3.63, 3.8) is 0 Å². The molecule has 2 N–H and O–H groups in total. The van der Waals surface area contributed by atoms with Crippen LogP contribution in [0.3, 0.4) is 0 Å². The van der Waals surface area contributed by atoms with E-state index >= 15 is 0 Å². The van der Waals surface area contributed by atoms with Crippen LogP contribution in [0.15, 0.2) is 54.6 Å². The predicted octanol–water partition coefficient (Wildman–Crippen LogP) is 4.73. The molecule has 98 valence electrons. The van der Waals surface area contributed by atoms with Crippen LogP contribution in [0.2, 0.25) is 0 Å². The summed E-state index contributed by atoms with van der Waals surface area (Å²) < 4.78 is 0. The van der Waals surface area contributed by atoms with Gasteiger partial charge in [-0.15, -0.1) is 0 Å². The lowest BCUT2D eigenvalue weighted by Gasteiger charge is -2.21. The number of nitrogen functional groups attached to an aromatic ring is 1. The summed E-state index contributed by atoms with van der Waals surface area (Å²) in [4.78, 5) is 0. The molecule has 1 aliphatic rings. The zero-order valence-electron chi connectivity index (χ0n) is 11.8. The molecule has 3 aromatic rings. The lowest BCUT2D eigenvalue weighted by molar-refractivity contribution is 0.661. The highest BCUT2D eigenvalue weighted by atomic mass is 14.6. The molecule has 3 aromatic carbocycles. The van der Waals surface area contributed by atoms with Crippen LogP contribution in [0.1, 0.15) is 25.0 Å². The average molecular weight is 259 g/mol. The molecule has 0 saturated carbocycles. The Bertz CT molecular complexity index is 844. The molecule has 1 heteroatoms. The topological polar surface area (TPSA) is 26.0 Å². The first-order valence-electron chi connectivity index (χ1n) is 7.02. The summed E-state index contributed by atoms with van der Waals surface area (Å²) in [5, 5.41) is 2.58. The molecule has 1 nitrogen and oxygen atoms in total. The van der Waals surface area contributed by atoms with Crippen molar-refractivity contribution >= 4 is 16.5 Å². The van der Waals surface area contributed by atoms with Crippen LogP contribution in [0.25, 0.3) is 21.9 Å². The normalized spacial score (nSPS) is 15.1. The van der Waals surface area contributed by atoms with E-state index in [1.165, 1.54) is 33.0 Å². The second-order valence-corrected chi connectivity index (χ2v) is 6.10. The molecular formula is C19H17N. The molecule has 0 bridgehead atoms. The molecule has 0 heterocycles. The molecule has 0 saturated heterocycles. The van der Waals surface area contributed by atoms with E-state index < -0.39 is 0 Å². The van der Waals surface area contributed by atoms with Crippen LogP contribution < -0.4 is 5.73 Å². The summed E-state index contributed by atoms with van der Waals surface area (Å²) in [5.74, 6) is 0. The number of anilines is 1. The highest BCUT2D eigenvalue weighted by Crippen LogP contribution is 2.52. The quantitative estimate of drug-likeness (QED) is 0.580. The van der Waals surface area contributed by atoms with Crippen LogP contribution >= 0.6 is 0 Å². The number of hydrogen-bond acceptors (Lipinski definition) is 1. The van der Waals surface area contributed by atoms with E-state index in [0.29, 0.717) is 0 Å². The number of fused-ring (bicyclic) bond motifs is 5. The Labute approximate surface area is 119 Å². The first kappa shape index (κ1) is 11.5. The second-order valence-electron chi connectivity index (χ2n) is 6.10. The van der Waals surface area contributed by atoms with Crippen molar-refractivity contribution in [2.24, 2.45) is 0 Å². The molecule has 0 amide bonds. The molecule has 0 spiro atoms. The Morgan fingerprint density at radius 3 is 2.35 bits per heavy atom. The number of nitrogens with two attached hydrogens (primary N) is 1. The maximum atomic E-state index is 6.30. The largest absolute Gasteiger partial charge is 0.398 e. The van der Waals surface area contributed by atoms with E-state index in [1.54, 1.807) is 0 Å².